The van der Waals surface area contributed by atoms with Crippen LogP contribution < -0.4 is 19.1 Å². The third-order valence-electron chi connectivity index (χ3n) is 3.79. The Labute approximate surface area is 152 Å². The van der Waals surface area contributed by atoms with E-state index in [0.29, 0.717) is 11.5 Å². The van der Waals surface area contributed by atoms with Gasteiger partial charge in [0.1, 0.15) is 0 Å². The van der Waals surface area contributed by atoms with Gasteiger partial charge in [0.15, 0.2) is 11.5 Å². The molecule has 1 heterocycles. The number of carbonyl (C=O) groups excluding carboxylic acids is 1. The van der Waals surface area contributed by atoms with Gasteiger partial charge in [0, 0.05) is 32.1 Å². The molecule has 0 spiro atoms. The number of rotatable bonds is 7. The molecule has 0 bridgehead atoms. The van der Waals surface area contributed by atoms with E-state index in [1.165, 1.54) is 33.4 Å². The average Bonchev–Trinajstić information content (AvgIpc) is 2.64. The van der Waals surface area contributed by atoms with Crippen molar-refractivity contribution in [3.63, 3.8) is 0 Å². The van der Waals surface area contributed by atoms with E-state index in [1.54, 1.807) is 24.5 Å². The van der Waals surface area contributed by atoms with Crippen molar-refractivity contribution in [3.05, 3.63) is 47.8 Å². The smallest absolute Gasteiger partial charge is 0.253 e. The highest BCUT2D eigenvalue weighted by atomic mass is 32.2. The van der Waals surface area contributed by atoms with Crippen LogP contribution in [-0.2, 0) is 16.6 Å². The molecule has 0 radical (unpaired) electrons. The van der Waals surface area contributed by atoms with Crippen molar-refractivity contribution >= 4 is 21.6 Å². The van der Waals surface area contributed by atoms with Gasteiger partial charge in [-0.25, -0.2) is 8.42 Å². The second kappa shape index (κ2) is 8.05. The van der Waals surface area contributed by atoms with E-state index in [0.717, 1.165) is 16.1 Å². The summed E-state index contributed by atoms with van der Waals surface area (Å²) < 4.78 is 35.4. The normalized spacial score (nSPS) is 10.9. The monoisotopic (exact) mass is 379 g/mol. The fourth-order valence-corrected chi connectivity index (χ4v) is 2.78. The molecule has 1 amide bonds. The van der Waals surface area contributed by atoms with Crippen molar-refractivity contribution in [2.24, 2.45) is 0 Å². The van der Waals surface area contributed by atoms with Crippen LogP contribution >= 0.6 is 0 Å². The van der Waals surface area contributed by atoms with E-state index < -0.39 is 15.9 Å². The first-order valence-electron chi connectivity index (χ1n) is 7.65. The van der Waals surface area contributed by atoms with Crippen LogP contribution in [0.25, 0.3) is 0 Å². The Morgan fingerprint density at radius 3 is 2.27 bits per heavy atom. The Bertz CT molecular complexity index is 885. The number of nitrogens with zero attached hydrogens (tertiary/aromatic N) is 2. The Kier molecular flexibility index (Phi) is 6.04. The van der Waals surface area contributed by atoms with E-state index in [9.17, 15) is 13.2 Å². The largest absolute Gasteiger partial charge is 0.493 e. The lowest BCUT2D eigenvalue weighted by molar-refractivity contribution is 0.0951. The molecule has 0 aliphatic heterocycles. The van der Waals surface area contributed by atoms with E-state index in [4.69, 9.17) is 9.47 Å². The summed E-state index contributed by atoms with van der Waals surface area (Å²) in [6, 6.07) is 6.47. The van der Waals surface area contributed by atoms with Crippen LogP contribution in [0.2, 0.25) is 0 Å². The number of pyridine rings is 1. The highest BCUT2D eigenvalue weighted by Gasteiger charge is 2.23. The molecule has 9 heteroatoms. The first kappa shape index (κ1) is 19.5. The van der Waals surface area contributed by atoms with Crippen LogP contribution in [-0.4, -0.2) is 46.8 Å². The molecule has 0 fully saturated rings. The number of sulfonamides is 1. The summed E-state index contributed by atoms with van der Waals surface area (Å²) in [5.74, 6) is 0.212. The predicted molar refractivity (Wildman–Crippen MR) is 98.2 cm³/mol. The molecule has 2 rings (SSSR count). The Balaban J connectivity index is 2.42. The van der Waals surface area contributed by atoms with Crippen LogP contribution in [0.1, 0.15) is 15.9 Å². The van der Waals surface area contributed by atoms with Crippen LogP contribution in [0.15, 0.2) is 36.7 Å². The Morgan fingerprint density at radius 2 is 1.73 bits per heavy atom. The summed E-state index contributed by atoms with van der Waals surface area (Å²) in [5, 5.41) is 2.77. The third kappa shape index (κ3) is 4.42. The second-order valence-electron chi connectivity index (χ2n) is 5.49. The summed E-state index contributed by atoms with van der Waals surface area (Å²) in [6.07, 6.45) is 4.31. The fraction of sp³-hybridized carbons (Fsp3) is 0.294. The molecule has 140 valence electrons. The van der Waals surface area contributed by atoms with Crippen molar-refractivity contribution in [2.45, 2.75) is 6.54 Å². The SMILES string of the molecule is COc1cc(C(=O)NCc2ccncc2)c(N(C)S(C)(=O)=O)cc1OC. The minimum atomic E-state index is -3.57. The molecule has 0 aliphatic carbocycles. The molecule has 1 aromatic carbocycles. The van der Waals surface area contributed by atoms with E-state index in [2.05, 4.69) is 10.3 Å². The highest BCUT2D eigenvalue weighted by molar-refractivity contribution is 7.92. The molecular weight excluding hydrogens is 358 g/mol. The zero-order chi connectivity index (χ0) is 19.3. The fourth-order valence-electron chi connectivity index (χ4n) is 2.27. The molecule has 1 aromatic heterocycles. The van der Waals surface area contributed by atoms with E-state index >= 15 is 0 Å². The molecule has 2 aromatic rings. The zero-order valence-corrected chi connectivity index (χ0v) is 15.8. The molecule has 0 atom stereocenters. The van der Waals surface area contributed by atoms with Crippen LogP contribution in [0.4, 0.5) is 5.69 Å². The summed E-state index contributed by atoms with van der Waals surface area (Å²) >= 11 is 0. The molecule has 26 heavy (non-hydrogen) atoms. The van der Waals surface area contributed by atoms with Crippen LogP contribution in [0.5, 0.6) is 11.5 Å². The lowest BCUT2D eigenvalue weighted by Gasteiger charge is -2.22. The van der Waals surface area contributed by atoms with Gasteiger partial charge in [-0.1, -0.05) is 0 Å². The lowest BCUT2D eigenvalue weighted by atomic mass is 10.1. The number of benzene rings is 1. The Hall–Kier alpha value is -2.81. The Morgan fingerprint density at radius 1 is 1.15 bits per heavy atom. The van der Waals surface area contributed by atoms with Crippen molar-refractivity contribution in [1.82, 2.24) is 10.3 Å². The van der Waals surface area contributed by atoms with E-state index in [1.807, 2.05) is 0 Å². The highest BCUT2D eigenvalue weighted by Crippen LogP contribution is 2.35. The van der Waals surface area contributed by atoms with Crippen molar-refractivity contribution < 1.29 is 22.7 Å². The number of carbonyl (C=O) groups is 1. The lowest BCUT2D eigenvalue weighted by Crippen LogP contribution is -2.30. The van der Waals surface area contributed by atoms with Crippen molar-refractivity contribution in [1.29, 1.82) is 0 Å². The molecule has 0 aliphatic rings. The van der Waals surface area contributed by atoms with Gasteiger partial charge >= 0.3 is 0 Å². The van der Waals surface area contributed by atoms with Crippen molar-refractivity contribution in [3.8, 4) is 11.5 Å². The maximum atomic E-state index is 12.7. The average molecular weight is 379 g/mol. The number of amides is 1. The van der Waals surface area contributed by atoms with Crippen LogP contribution in [0.3, 0.4) is 0 Å². The number of ether oxygens (including phenoxy) is 2. The number of nitrogens with one attached hydrogen (secondary N) is 1. The molecule has 0 saturated heterocycles. The minimum absolute atomic E-state index is 0.157. The summed E-state index contributed by atoms with van der Waals surface area (Å²) in [4.78, 5) is 16.6. The second-order valence-corrected chi connectivity index (χ2v) is 7.51. The molecular formula is C17H21N3O5S. The van der Waals surface area contributed by atoms with Gasteiger partial charge in [0.2, 0.25) is 10.0 Å². The summed E-state index contributed by atoms with van der Waals surface area (Å²) in [6.45, 7) is 0.276. The van der Waals surface area contributed by atoms with Gasteiger partial charge in [-0.3, -0.25) is 14.1 Å². The number of anilines is 1. The minimum Gasteiger partial charge on any atom is -0.493 e. The standard InChI is InChI=1S/C17H21N3O5S/c1-20(26(4,22)23)14-10-16(25-3)15(24-2)9-13(14)17(21)19-11-12-5-7-18-8-6-12/h5-10H,11H2,1-4H3,(H,19,21). The third-order valence-corrected chi connectivity index (χ3v) is 4.98. The predicted octanol–water partition coefficient (Wildman–Crippen LogP) is 1.42. The number of hydrogen-bond donors (Lipinski definition) is 1. The first-order valence-corrected chi connectivity index (χ1v) is 9.49. The maximum absolute atomic E-state index is 12.7. The zero-order valence-electron chi connectivity index (χ0n) is 15.0. The van der Waals surface area contributed by atoms with Gasteiger partial charge in [-0.15, -0.1) is 0 Å². The van der Waals surface area contributed by atoms with E-state index in [-0.39, 0.29) is 17.8 Å². The topological polar surface area (TPSA) is 97.8 Å². The maximum Gasteiger partial charge on any atom is 0.253 e. The molecule has 0 saturated carbocycles. The van der Waals surface area contributed by atoms with Crippen LogP contribution in [0, 0.1) is 0 Å². The quantitative estimate of drug-likeness (QED) is 0.781. The molecule has 8 nitrogen and oxygen atoms in total. The summed E-state index contributed by atoms with van der Waals surface area (Å²) in [7, 11) is 0.673. The molecule has 0 unspecified atom stereocenters. The van der Waals surface area contributed by atoms with Gasteiger partial charge in [0.05, 0.1) is 31.7 Å². The van der Waals surface area contributed by atoms with Gasteiger partial charge in [0.25, 0.3) is 5.91 Å². The number of hydrogen-bond acceptors (Lipinski definition) is 6. The van der Waals surface area contributed by atoms with Gasteiger partial charge in [-0.05, 0) is 23.8 Å². The summed E-state index contributed by atoms with van der Waals surface area (Å²) in [5.41, 5.74) is 1.22. The van der Waals surface area contributed by atoms with Gasteiger partial charge < -0.3 is 14.8 Å². The van der Waals surface area contributed by atoms with Crippen molar-refractivity contribution in [2.75, 3.05) is 31.8 Å². The van der Waals surface area contributed by atoms with Gasteiger partial charge in [-0.2, -0.15) is 0 Å². The first-order chi connectivity index (χ1) is 12.3. The number of aromatic nitrogens is 1. The molecule has 1 N–H and O–H groups in total. The number of methoxy groups -OCH3 is 2.